The number of rotatable bonds is 7. The lowest BCUT2D eigenvalue weighted by Gasteiger charge is -2.06. The summed E-state index contributed by atoms with van der Waals surface area (Å²) in [6, 6.07) is 14.2. The molecule has 0 aliphatic carbocycles. The van der Waals surface area contributed by atoms with E-state index in [2.05, 4.69) is 52.9 Å². The summed E-state index contributed by atoms with van der Waals surface area (Å²) in [5, 5.41) is 9.91. The quantitative estimate of drug-likeness (QED) is 0.352. The number of azo groups is 1. The fourth-order valence-corrected chi connectivity index (χ4v) is 4.41. The Morgan fingerprint density at radius 3 is 2.52 bits per heavy atom. The van der Waals surface area contributed by atoms with Crippen LogP contribution in [0.3, 0.4) is 0 Å². The number of fused-ring (bicyclic) bond motifs is 1. The standard InChI is InChI=1S/C19H21N3O3S2/c1-3-15(20-21-16-8-10-17(11-9-16)27(23,24)25)12-13-22-14(2)26-19-7-5-4-6-18(19)22/h4-11,15H,3,12-13H2,1-2H3/p+1. The van der Waals surface area contributed by atoms with E-state index in [1.807, 2.05) is 0 Å². The SMILES string of the molecule is CCC(CC[n+]1c(C)sc2ccccc21)N=Nc1ccc(S(=O)(=O)O)cc1. The Hall–Kier alpha value is -2.16. The van der Waals surface area contributed by atoms with E-state index < -0.39 is 10.1 Å². The lowest BCUT2D eigenvalue weighted by molar-refractivity contribution is -0.673. The van der Waals surface area contributed by atoms with Gasteiger partial charge in [-0.15, -0.1) is 0 Å². The smallest absolute Gasteiger partial charge is 0.282 e. The summed E-state index contributed by atoms with van der Waals surface area (Å²) < 4.78 is 34.8. The molecule has 6 nitrogen and oxygen atoms in total. The van der Waals surface area contributed by atoms with E-state index in [9.17, 15) is 8.42 Å². The lowest BCUT2D eigenvalue weighted by Crippen LogP contribution is -2.36. The summed E-state index contributed by atoms with van der Waals surface area (Å²) >= 11 is 1.79. The van der Waals surface area contributed by atoms with Crippen LogP contribution in [0.2, 0.25) is 0 Å². The van der Waals surface area contributed by atoms with E-state index in [1.54, 1.807) is 11.3 Å². The largest absolute Gasteiger partial charge is 0.294 e. The number of para-hydroxylation sites is 1. The van der Waals surface area contributed by atoms with Gasteiger partial charge in [0.2, 0.25) is 10.5 Å². The van der Waals surface area contributed by atoms with Crippen LogP contribution in [-0.2, 0) is 16.7 Å². The van der Waals surface area contributed by atoms with Gasteiger partial charge in [-0.1, -0.05) is 30.4 Å². The monoisotopic (exact) mass is 404 g/mol. The Kier molecular flexibility index (Phi) is 5.98. The minimum Gasteiger partial charge on any atom is -0.282 e. The van der Waals surface area contributed by atoms with Crippen molar-refractivity contribution in [2.75, 3.05) is 0 Å². The zero-order chi connectivity index (χ0) is 19.4. The molecule has 0 spiro atoms. The fourth-order valence-electron chi connectivity index (χ4n) is 2.88. The molecule has 27 heavy (non-hydrogen) atoms. The third kappa shape index (κ3) is 4.77. The van der Waals surface area contributed by atoms with Crippen LogP contribution >= 0.6 is 11.3 Å². The molecule has 1 aromatic heterocycles. The number of aromatic nitrogens is 1. The average Bonchev–Trinajstić information content (AvgIpc) is 2.97. The predicted octanol–water partition coefficient (Wildman–Crippen LogP) is 4.70. The molecule has 1 unspecified atom stereocenters. The molecule has 0 amide bonds. The molecule has 1 heterocycles. The Morgan fingerprint density at radius 2 is 1.85 bits per heavy atom. The van der Waals surface area contributed by atoms with Gasteiger partial charge in [-0.2, -0.15) is 23.2 Å². The van der Waals surface area contributed by atoms with Crippen molar-refractivity contribution < 1.29 is 17.5 Å². The molecule has 8 heteroatoms. The van der Waals surface area contributed by atoms with Crippen LogP contribution in [0.5, 0.6) is 0 Å². The van der Waals surface area contributed by atoms with E-state index in [0.29, 0.717) is 5.69 Å². The summed E-state index contributed by atoms with van der Waals surface area (Å²) in [7, 11) is -4.19. The number of benzene rings is 2. The van der Waals surface area contributed by atoms with Gasteiger partial charge in [0.15, 0.2) is 6.54 Å². The maximum absolute atomic E-state index is 11.1. The average molecular weight is 405 g/mol. The normalized spacial score (nSPS) is 13.4. The van der Waals surface area contributed by atoms with E-state index in [1.165, 1.54) is 39.5 Å². The summed E-state index contributed by atoms with van der Waals surface area (Å²) in [5.41, 5.74) is 1.80. The summed E-state index contributed by atoms with van der Waals surface area (Å²) in [6.45, 7) is 5.08. The first-order chi connectivity index (χ1) is 12.9. The van der Waals surface area contributed by atoms with Crippen LogP contribution < -0.4 is 4.57 Å². The highest BCUT2D eigenvalue weighted by atomic mass is 32.2. The van der Waals surface area contributed by atoms with Crippen molar-refractivity contribution in [2.45, 2.75) is 44.2 Å². The molecular weight excluding hydrogens is 382 g/mol. The molecule has 3 aromatic rings. The molecule has 1 N–H and O–H groups in total. The molecule has 0 saturated heterocycles. The number of hydrogen-bond acceptors (Lipinski definition) is 5. The minimum atomic E-state index is -4.19. The summed E-state index contributed by atoms with van der Waals surface area (Å²) in [4.78, 5) is -0.148. The maximum atomic E-state index is 11.1. The van der Waals surface area contributed by atoms with Crippen LogP contribution in [-0.4, -0.2) is 19.0 Å². The van der Waals surface area contributed by atoms with Crippen molar-refractivity contribution in [1.29, 1.82) is 0 Å². The second-order valence-corrected chi connectivity index (χ2v) is 8.93. The maximum Gasteiger partial charge on any atom is 0.294 e. The molecule has 0 aliphatic heterocycles. The van der Waals surface area contributed by atoms with Crippen LogP contribution in [0.25, 0.3) is 10.2 Å². The van der Waals surface area contributed by atoms with Crippen molar-refractivity contribution in [2.24, 2.45) is 10.2 Å². The van der Waals surface area contributed by atoms with Crippen LogP contribution in [0.1, 0.15) is 24.8 Å². The van der Waals surface area contributed by atoms with E-state index >= 15 is 0 Å². The van der Waals surface area contributed by atoms with Crippen LogP contribution in [0.15, 0.2) is 63.7 Å². The molecule has 0 bridgehead atoms. The van der Waals surface area contributed by atoms with Crippen molar-refractivity contribution in [1.82, 2.24) is 0 Å². The van der Waals surface area contributed by atoms with Gasteiger partial charge < -0.3 is 0 Å². The first-order valence-corrected chi connectivity index (χ1v) is 11.0. The Labute approximate surface area is 163 Å². The van der Waals surface area contributed by atoms with Crippen molar-refractivity contribution in [3.63, 3.8) is 0 Å². The topological polar surface area (TPSA) is 83.0 Å². The fraction of sp³-hybridized carbons (Fsp3) is 0.316. The summed E-state index contributed by atoms with van der Waals surface area (Å²) in [6.07, 6.45) is 1.74. The lowest BCUT2D eigenvalue weighted by atomic mass is 10.1. The molecule has 142 valence electrons. The van der Waals surface area contributed by atoms with Crippen LogP contribution in [0.4, 0.5) is 5.69 Å². The van der Waals surface area contributed by atoms with Crippen molar-refractivity contribution >= 4 is 37.4 Å². The van der Waals surface area contributed by atoms with Gasteiger partial charge in [0, 0.05) is 19.4 Å². The van der Waals surface area contributed by atoms with Crippen molar-refractivity contribution in [3.8, 4) is 0 Å². The molecular formula is C19H22N3O3S2+. The third-order valence-electron chi connectivity index (χ3n) is 4.42. The van der Waals surface area contributed by atoms with Gasteiger partial charge >= 0.3 is 0 Å². The molecule has 0 aliphatic rings. The molecule has 2 aromatic carbocycles. The number of thiazole rings is 1. The van der Waals surface area contributed by atoms with Crippen molar-refractivity contribution in [3.05, 3.63) is 53.5 Å². The van der Waals surface area contributed by atoms with Gasteiger partial charge in [-0.05, 0) is 36.8 Å². The second-order valence-electron chi connectivity index (χ2n) is 6.28. The van der Waals surface area contributed by atoms with E-state index in [4.69, 9.17) is 4.55 Å². The highest BCUT2D eigenvalue weighted by Gasteiger charge is 2.18. The van der Waals surface area contributed by atoms with Gasteiger partial charge in [0.1, 0.15) is 4.70 Å². The Morgan fingerprint density at radius 1 is 1.15 bits per heavy atom. The molecule has 0 saturated carbocycles. The highest BCUT2D eigenvalue weighted by molar-refractivity contribution is 7.85. The summed E-state index contributed by atoms with van der Waals surface area (Å²) in [5.74, 6) is 0. The number of nitrogens with zero attached hydrogens (tertiary/aromatic N) is 3. The molecule has 0 radical (unpaired) electrons. The van der Waals surface area contributed by atoms with E-state index in [0.717, 1.165) is 19.4 Å². The van der Waals surface area contributed by atoms with Crippen LogP contribution in [0, 0.1) is 6.92 Å². The number of hydrogen-bond donors (Lipinski definition) is 1. The zero-order valence-electron chi connectivity index (χ0n) is 15.2. The van der Waals surface area contributed by atoms with Gasteiger partial charge in [-0.3, -0.25) is 4.55 Å². The minimum absolute atomic E-state index is 0.0804. The highest BCUT2D eigenvalue weighted by Crippen LogP contribution is 2.21. The first-order valence-electron chi connectivity index (χ1n) is 8.75. The Bertz CT molecular complexity index is 1060. The molecule has 0 fully saturated rings. The number of aryl methyl sites for hydroxylation is 2. The predicted molar refractivity (Wildman–Crippen MR) is 106 cm³/mol. The zero-order valence-corrected chi connectivity index (χ0v) is 16.9. The first kappa shape index (κ1) is 19.6. The molecule has 1 atom stereocenters. The molecule has 3 rings (SSSR count). The Balaban J connectivity index is 1.68. The van der Waals surface area contributed by atoms with Gasteiger partial charge in [-0.25, -0.2) is 0 Å². The third-order valence-corrected chi connectivity index (χ3v) is 6.37. The van der Waals surface area contributed by atoms with Gasteiger partial charge in [0.25, 0.3) is 10.1 Å². The van der Waals surface area contributed by atoms with Gasteiger partial charge in [0.05, 0.1) is 16.6 Å². The second kappa shape index (κ2) is 8.24. The van der Waals surface area contributed by atoms with E-state index in [-0.39, 0.29) is 10.9 Å².